The van der Waals surface area contributed by atoms with E-state index in [4.69, 9.17) is 0 Å². The minimum Gasteiger partial charge on any atom is -0.466 e. The summed E-state index contributed by atoms with van der Waals surface area (Å²) in [6.45, 7) is 10.7. The Morgan fingerprint density at radius 2 is 2.00 bits per heavy atom. The van der Waals surface area contributed by atoms with Gasteiger partial charge in [-0.2, -0.15) is 0 Å². The highest BCUT2D eigenvalue weighted by molar-refractivity contribution is 5.83. The Morgan fingerprint density at radius 1 is 1.25 bits per heavy atom. The van der Waals surface area contributed by atoms with Crippen molar-refractivity contribution in [2.75, 3.05) is 7.11 Å². The molecule has 0 N–H and O–H groups in total. The van der Waals surface area contributed by atoms with Gasteiger partial charge in [0.25, 0.3) is 0 Å². The third kappa shape index (κ3) is 5.56. The molecule has 1 aromatic rings. The Labute approximate surface area is 168 Å². The van der Waals surface area contributed by atoms with Crippen molar-refractivity contribution in [2.45, 2.75) is 41.0 Å². The SMILES string of the molecule is COC(=O)\C=C(C)/C=C/C=C(C)/C=C/C1=C(C)C(n2ccnc2)=CCC1(C)C. The van der Waals surface area contributed by atoms with Crippen LogP contribution >= 0.6 is 0 Å². The minimum atomic E-state index is -0.341. The summed E-state index contributed by atoms with van der Waals surface area (Å²) in [5.41, 5.74) is 5.86. The average molecular weight is 379 g/mol. The first kappa shape index (κ1) is 21.4. The molecule has 28 heavy (non-hydrogen) atoms. The van der Waals surface area contributed by atoms with Crippen LogP contribution in [0.25, 0.3) is 5.70 Å². The van der Waals surface area contributed by atoms with Crippen molar-refractivity contribution >= 4 is 11.7 Å². The van der Waals surface area contributed by atoms with E-state index in [0.717, 1.165) is 17.6 Å². The first-order chi connectivity index (χ1) is 13.2. The Morgan fingerprint density at radius 3 is 2.64 bits per heavy atom. The van der Waals surface area contributed by atoms with Gasteiger partial charge in [0.15, 0.2) is 0 Å². The maximum atomic E-state index is 11.2. The Kier molecular flexibility index (Phi) is 7.16. The largest absolute Gasteiger partial charge is 0.466 e. The summed E-state index contributed by atoms with van der Waals surface area (Å²) in [6.07, 6.45) is 20.6. The smallest absolute Gasteiger partial charge is 0.330 e. The number of esters is 1. The van der Waals surface area contributed by atoms with Crippen LogP contribution < -0.4 is 0 Å². The molecule has 0 spiro atoms. The number of hydrogen-bond acceptors (Lipinski definition) is 3. The molecule has 2 rings (SSSR count). The van der Waals surface area contributed by atoms with Crippen molar-refractivity contribution in [3.05, 3.63) is 83.5 Å². The summed E-state index contributed by atoms with van der Waals surface area (Å²) in [5.74, 6) is -0.341. The molecular weight excluding hydrogens is 348 g/mol. The number of hydrogen-bond donors (Lipinski definition) is 0. The fourth-order valence-corrected chi connectivity index (χ4v) is 3.23. The number of allylic oxidation sites excluding steroid dienone is 11. The normalized spacial score (nSPS) is 18.1. The van der Waals surface area contributed by atoms with Gasteiger partial charge in [-0.05, 0) is 49.3 Å². The van der Waals surface area contributed by atoms with Crippen molar-refractivity contribution in [1.29, 1.82) is 0 Å². The van der Waals surface area contributed by atoms with E-state index >= 15 is 0 Å². The predicted molar refractivity (Wildman–Crippen MR) is 115 cm³/mol. The number of imidazole rings is 1. The monoisotopic (exact) mass is 378 g/mol. The molecule has 148 valence electrons. The van der Waals surface area contributed by atoms with Crippen molar-refractivity contribution in [1.82, 2.24) is 9.55 Å². The van der Waals surface area contributed by atoms with Crippen molar-refractivity contribution < 1.29 is 9.53 Å². The summed E-state index contributed by atoms with van der Waals surface area (Å²) in [7, 11) is 1.38. The molecule has 0 aromatic carbocycles. The first-order valence-electron chi connectivity index (χ1n) is 9.44. The van der Waals surface area contributed by atoms with Crippen LogP contribution in [0.4, 0.5) is 0 Å². The van der Waals surface area contributed by atoms with Crippen LogP contribution in [0.15, 0.2) is 83.5 Å². The zero-order valence-electron chi connectivity index (χ0n) is 17.7. The molecule has 4 heteroatoms. The van der Waals surface area contributed by atoms with Crippen LogP contribution in [0, 0.1) is 5.41 Å². The number of aromatic nitrogens is 2. The molecule has 1 aromatic heterocycles. The van der Waals surface area contributed by atoms with Gasteiger partial charge >= 0.3 is 5.97 Å². The molecule has 0 amide bonds. The summed E-state index contributed by atoms with van der Waals surface area (Å²) in [5, 5.41) is 0. The zero-order valence-corrected chi connectivity index (χ0v) is 17.7. The highest BCUT2D eigenvalue weighted by Crippen LogP contribution is 2.41. The van der Waals surface area contributed by atoms with Gasteiger partial charge < -0.3 is 9.30 Å². The van der Waals surface area contributed by atoms with Crippen LogP contribution in [0.2, 0.25) is 0 Å². The fraction of sp³-hybridized carbons (Fsp3) is 0.333. The van der Waals surface area contributed by atoms with Crippen LogP contribution in [-0.4, -0.2) is 22.6 Å². The van der Waals surface area contributed by atoms with Gasteiger partial charge in [0.2, 0.25) is 0 Å². The minimum absolute atomic E-state index is 0.0840. The van der Waals surface area contributed by atoms with E-state index < -0.39 is 0 Å². The molecule has 1 heterocycles. The molecule has 1 aliphatic carbocycles. The van der Waals surface area contributed by atoms with E-state index in [0.29, 0.717) is 0 Å². The van der Waals surface area contributed by atoms with Crippen LogP contribution in [0.1, 0.15) is 41.0 Å². The van der Waals surface area contributed by atoms with Gasteiger partial charge in [-0.3, -0.25) is 0 Å². The highest BCUT2D eigenvalue weighted by atomic mass is 16.5. The molecule has 0 unspecified atom stereocenters. The summed E-state index contributed by atoms with van der Waals surface area (Å²) in [6, 6.07) is 0. The Hall–Kier alpha value is -2.88. The van der Waals surface area contributed by atoms with E-state index in [1.165, 1.54) is 30.0 Å². The molecule has 0 radical (unpaired) electrons. The van der Waals surface area contributed by atoms with Gasteiger partial charge in [-0.1, -0.05) is 55.9 Å². The maximum Gasteiger partial charge on any atom is 0.330 e. The molecule has 0 fully saturated rings. The third-order valence-electron chi connectivity index (χ3n) is 4.88. The Balaban J connectivity index is 2.20. The number of carbonyl (C=O) groups excluding carboxylic acids is 1. The topological polar surface area (TPSA) is 44.1 Å². The van der Waals surface area contributed by atoms with Gasteiger partial charge in [0.05, 0.1) is 13.4 Å². The second-order valence-electron chi connectivity index (χ2n) is 7.70. The standard InChI is InChI=1S/C24H30N2O2/c1-18(8-7-9-19(2)16-23(27)28-6)10-11-21-20(3)22(12-13-24(21,4)5)26-15-14-25-17-26/h7-12,14-17H,13H2,1-6H3/b9-7+,11-10+,18-8+,19-16-. The second kappa shape index (κ2) is 9.36. The van der Waals surface area contributed by atoms with E-state index in [1.54, 1.807) is 6.20 Å². The average Bonchev–Trinajstić information content (AvgIpc) is 3.15. The summed E-state index contributed by atoms with van der Waals surface area (Å²) < 4.78 is 6.70. The molecule has 0 atom stereocenters. The number of ether oxygens (including phenoxy) is 1. The van der Waals surface area contributed by atoms with Crippen molar-refractivity contribution in [3.63, 3.8) is 0 Å². The van der Waals surface area contributed by atoms with Crippen LogP contribution in [0.5, 0.6) is 0 Å². The molecule has 0 saturated carbocycles. The number of nitrogens with zero attached hydrogens (tertiary/aromatic N) is 2. The van der Waals surface area contributed by atoms with Gasteiger partial charge in [-0.15, -0.1) is 0 Å². The molecular formula is C24H30N2O2. The van der Waals surface area contributed by atoms with Gasteiger partial charge in [-0.25, -0.2) is 9.78 Å². The summed E-state index contributed by atoms with van der Waals surface area (Å²) in [4.78, 5) is 15.4. The third-order valence-corrected chi connectivity index (χ3v) is 4.88. The lowest BCUT2D eigenvalue weighted by Gasteiger charge is -2.32. The van der Waals surface area contributed by atoms with E-state index in [-0.39, 0.29) is 11.4 Å². The van der Waals surface area contributed by atoms with Gasteiger partial charge in [0, 0.05) is 24.2 Å². The molecule has 1 aliphatic rings. The van der Waals surface area contributed by atoms with Crippen molar-refractivity contribution in [3.8, 4) is 0 Å². The van der Waals surface area contributed by atoms with Crippen molar-refractivity contribution in [2.24, 2.45) is 5.41 Å². The molecule has 0 aliphatic heterocycles. The van der Waals surface area contributed by atoms with Gasteiger partial charge in [0.1, 0.15) is 0 Å². The Bertz CT molecular complexity index is 889. The van der Waals surface area contributed by atoms with E-state index in [2.05, 4.69) is 60.2 Å². The van der Waals surface area contributed by atoms with Crippen LogP contribution in [-0.2, 0) is 9.53 Å². The molecule has 4 nitrogen and oxygen atoms in total. The van der Waals surface area contributed by atoms with E-state index in [1.807, 2.05) is 37.7 Å². The zero-order chi connectivity index (χ0) is 20.7. The number of carbonyl (C=O) groups is 1. The predicted octanol–water partition coefficient (Wildman–Crippen LogP) is 5.65. The fourth-order valence-electron chi connectivity index (χ4n) is 3.23. The quantitative estimate of drug-likeness (QED) is 0.365. The maximum absolute atomic E-state index is 11.2. The summed E-state index contributed by atoms with van der Waals surface area (Å²) >= 11 is 0. The number of rotatable bonds is 6. The lowest BCUT2D eigenvalue weighted by Crippen LogP contribution is -2.19. The van der Waals surface area contributed by atoms with Crippen LogP contribution in [0.3, 0.4) is 0 Å². The molecule has 0 saturated heterocycles. The number of methoxy groups -OCH3 is 1. The lowest BCUT2D eigenvalue weighted by atomic mass is 9.74. The second-order valence-corrected chi connectivity index (χ2v) is 7.70. The molecule has 0 bridgehead atoms. The lowest BCUT2D eigenvalue weighted by molar-refractivity contribution is -0.134. The highest BCUT2D eigenvalue weighted by Gasteiger charge is 2.27. The first-order valence-corrected chi connectivity index (χ1v) is 9.44. The van der Waals surface area contributed by atoms with E-state index in [9.17, 15) is 4.79 Å².